The Hall–Kier alpha value is -0.570. The number of rotatable bonds is 3. The molecule has 3 heteroatoms. The smallest absolute Gasteiger partial charge is 0.0536 e. The lowest BCUT2D eigenvalue weighted by Crippen LogP contribution is -2.30. The van der Waals surface area contributed by atoms with Crippen molar-refractivity contribution >= 4 is 11.6 Å². The molecule has 2 fully saturated rings. The second-order valence-corrected chi connectivity index (χ2v) is 6.24. The zero-order valence-electron chi connectivity index (χ0n) is 11.3. The van der Waals surface area contributed by atoms with Gasteiger partial charge in [0.05, 0.1) is 6.61 Å². The lowest BCUT2D eigenvalue weighted by molar-refractivity contribution is 0.194. The number of nitrogens with one attached hydrogen (secondary N) is 1. The van der Waals surface area contributed by atoms with E-state index in [0.717, 1.165) is 43.5 Å². The number of halogens is 1. The summed E-state index contributed by atoms with van der Waals surface area (Å²) in [4.78, 5) is 0. The van der Waals surface area contributed by atoms with Gasteiger partial charge in [-0.2, -0.15) is 0 Å². The summed E-state index contributed by atoms with van der Waals surface area (Å²) in [6, 6.07) is 6.64. The van der Waals surface area contributed by atoms with Crippen LogP contribution in [-0.4, -0.2) is 26.3 Å². The Bertz CT molecular complexity index is 423. The van der Waals surface area contributed by atoms with Crippen molar-refractivity contribution in [3.8, 4) is 0 Å². The summed E-state index contributed by atoms with van der Waals surface area (Å²) in [5.74, 6) is 1.27. The number of ether oxygens (including phenoxy) is 1. The molecule has 1 N–H and O–H groups in total. The van der Waals surface area contributed by atoms with Crippen LogP contribution < -0.4 is 5.32 Å². The quantitative estimate of drug-likeness (QED) is 0.916. The third-order valence-electron chi connectivity index (χ3n) is 4.36. The normalized spacial score (nSPS) is 27.6. The maximum Gasteiger partial charge on any atom is 0.0536 e. The predicted octanol–water partition coefficient (Wildman–Crippen LogP) is 3.39. The summed E-state index contributed by atoms with van der Waals surface area (Å²) in [6.45, 7) is 4.02. The van der Waals surface area contributed by atoms with Crippen molar-refractivity contribution in [2.24, 2.45) is 5.92 Å². The Labute approximate surface area is 120 Å². The molecule has 2 heterocycles. The molecule has 104 valence electrons. The fourth-order valence-electron chi connectivity index (χ4n) is 3.24. The zero-order valence-corrected chi connectivity index (χ0v) is 12.1. The zero-order chi connectivity index (χ0) is 13.1. The Kier molecular flexibility index (Phi) is 4.42. The van der Waals surface area contributed by atoms with Crippen molar-refractivity contribution in [3.63, 3.8) is 0 Å². The van der Waals surface area contributed by atoms with E-state index in [2.05, 4.69) is 23.5 Å². The monoisotopic (exact) mass is 279 g/mol. The van der Waals surface area contributed by atoms with Gasteiger partial charge < -0.3 is 10.1 Å². The minimum atomic E-state index is 0.498. The van der Waals surface area contributed by atoms with Crippen molar-refractivity contribution in [1.29, 1.82) is 0 Å². The van der Waals surface area contributed by atoms with E-state index in [4.69, 9.17) is 16.3 Å². The Morgan fingerprint density at radius 2 is 2.26 bits per heavy atom. The average molecular weight is 280 g/mol. The summed E-state index contributed by atoms with van der Waals surface area (Å²) in [5, 5.41) is 4.40. The van der Waals surface area contributed by atoms with Crippen LogP contribution in [0.1, 0.15) is 36.3 Å². The van der Waals surface area contributed by atoms with Gasteiger partial charge in [-0.3, -0.25) is 0 Å². The van der Waals surface area contributed by atoms with Crippen LogP contribution in [0.15, 0.2) is 18.2 Å². The Morgan fingerprint density at radius 3 is 2.95 bits per heavy atom. The molecule has 0 aliphatic carbocycles. The molecule has 0 amide bonds. The van der Waals surface area contributed by atoms with Crippen LogP contribution in [0.4, 0.5) is 0 Å². The van der Waals surface area contributed by atoms with Crippen molar-refractivity contribution in [2.45, 2.75) is 31.6 Å². The predicted molar refractivity (Wildman–Crippen MR) is 78.9 cm³/mol. The third-order valence-corrected chi connectivity index (χ3v) is 4.69. The first-order chi connectivity index (χ1) is 9.33. The van der Waals surface area contributed by atoms with Gasteiger partial charge in [0.1, 0.15) is 0 Å². The molecule has 0 bridgehead atoms. The molecular weight excluding hydrogens is 258 g/mol. The van der Waals surface area contributed by atoms with E-state index in [-0.39, 0.29) is 0 Å². The van der Waals surface area contributed by atoms with Crippen LogP contribution in [0.3, 0.4) is 0 Å². The van der Waals surface area contributed by atoms with E-state index in [1.165, 1.54) is 30.5 Å². The molecule has 0 aromatic heterocycles. The summed E-state index contributed by atoms with van der Waals surface area (Å²) in [5.41, 5.74) is 2.64. The first-order valence-corrected chi connectivity index (χ1v) is 7.77. The lowest BCUT2D eigenvalue weighted by atomic mass is 9.90. The lowest BCUT2D eigenvalue weighted by Gasteiger charge is -2.23. The third kappa shape index (κ3) is 3.31. The number of benzene rings is 1. The average Bonchev–Trinajstić information content (AvgIpc) is 2.94. The molecule has 2 saturated heterocycles. The molecule has 2 nitrogen and oxygen atoms in total. The van der Waals surface area contributed by atoms with Gasteiger partial charge in [-0.1, -0.05) is 23.7 Å². The highest BCUT2D eigenvalue weighted by Gasteiger charge is 2.21. The van der Waals surface area contributed by atoms with Crippen LogP contribution in [0.2, 0.25) is 5.02 Å². The maximum absolute atomic E-state index is 6.46. The Morgan fingerprint density at radius 1 is 1.32 bits per heavy atom. The van der Waals surface area contributed by atoms with Gasteiger partial charge in [0.2, 0.25) is 0 Å². The molecule has 0 radical (unpaired) electrons. The largest absolute Gasteiger partial charge is 0.381 e. The highest BCUT2D eigenvalue weighted by Crippen LogP contribution is 2.32. The minimum absolute atomic E-state index is 0.498. The van der Waals surface area contributed by atoms with Crippen LogP contribution >= 0.6 is 11.6 Å². The van der Waals surface area contributed by atoms with Crippen LogP contribution in [0, 0.1) is 5.92 Å². The van der Waals surface area contributed by atoms with E-state index in [9.17, 15) is 0 Å². The molecular formula is C16H22ClNO. The van der Waals surface area contributed by atoms with E-state index in [1.54, 1.807) is 0 Å². The number of hydrogen-bond acceptors (Lipinski definition) is 2. The summed E-state index contributed by atoms with van der Waals surface area (Å²) in [6.07, 6.45) is 4.89. The molecule has 2 aliphatic heterocycles. The highest BCUT2D eigenvalue weighted by molar-refractivity contribution is 6.31. The van der Waals surface area contributed by atoms with E-state index < -0.39 is 0 Å². The van der Waals surface area contributed by atoms with Gasteiger partial charge in [-0.15, -0.1) is 0 Å². The van der Waals surface area contributed by atoms with Crippen molar-refractivity contribution in [3.05, 3.63) is 34.3 Å². The topological polar surface area (TPSA) is 21.3 Å². The summed E-state index contributed by atoms with van der Waals surface area (Å²) in [7, 11) is 0. The first kappa shape index (κ1) is 13.4. The van der Waals surface area contributed by atoms with Gasteiger partial charge in [0.15, 0.2) is 0 Å². The van der Waals surface area contributed by atoms with Crippen molar-refractivity contribution in [2.75, 3.05) is 26.3 Å². The molecule has 3 rings (SSSR count). The van der Waals surface area contributed by atoms with Crippen LogP contribution in [-0.2, 0) is 11.2 Å². The molecule has 19 heavy (non-hydrogen) atoms. The number of hydrogen-bond donors (Lipinski definition) is 1. The van der Waals surface area contributed by atoms with Crippen LogP contribution in [0.5, 0.6) is 0 Å². The van der Waals surface area contributed by atoms with Gasteiger partial charge >= 0.3 is 0 Å². The standard InChI is InChI=1S/C16H22ClNO/c17-16-9-12(8-13-2-1-6-18-10-13)3-4-15(16)14-5-7-19-11-14/h3-4,9,13-14,18H,1-2,5-8,10-11H2. The van der Waals surface area contributed by atoms with Gasteiger partial charge in [0.25, 0.3) is 0 Å². The maximum atomic E-state index is 6.46. The van der Waals surface area contributed by atoms with Crippen molar-refractivity contribution < 1.29 is 4.74 Å². The second-order valence-electron chi connectivity index (χ2n) is 5.83. The Balaban J connectivity index is 1.67. The number of piperidine rings is 1. The fraction of sp³-hybridized carbons (Fsp3) is 0.625. The summed E-state index contributed by atoms with van der Waals surface area (Å²) < 4.78 is 5.45. The van der Waals surface area contributed by atoms with Crippen molar-refractivity contribution in [1.82, 2.24) is 5.32 Å². The molecule has 0 saturated carbocycles. The fourth-order valence-corrected chi connectivity index (χ4v) is 3.60. The second kappa shape index (κ2) is 6.25. The molecule has 2 atom stereocenters. The molecule has 2 unspecified atom stereocenters. The van der Waals surface area contributed by atoms with Crippen LogP contribution in [0.25, 0.3) is 0 Å². The first-order valence-electron chi connectivity index (χ1n) is 7.39. The van der Waals surface area contributed by atoms with E-state index >= 15 is 0 Å². The van der Waals surface area contributed by atoms with Gasteiger partial charge in [0, 0.05) is 17.5 Å². The van der Waals surface area contributed by atoms with Gasteiger partial charge in [-0.25, -0.2) is 0 Å². The highest BCUT2D eigenvalue weighted by atomic mass is 35.5. The molecule has 2 aliphatic rings. The van der Waals surface area contributed by atoms with E-state index in [1.807, 2.05) is 0 Å². The SMILES string of the molecule is Clc1cc(CC2CCCNC2)ccc1C1CCOC1. The minimum Gasteiger partial charge on any atom is -0.381 e. The molecule has 1 aromatic carbocycles. The molecule has 0 spiro atoms. The summed E-state index contributed by atoms with van der Waals surface area (Å²) >= 11 is 6.46. The van der Waals surface area contributed by atoms with E-state index in [0.29, 0.717) is 5.92 Å². The van der Waals surface area contributed by atoms with Gasteiger partial charge in [-0.05, 0) is 61.9 Å². The molecule has 1 aromatic rings.